The fourth-order valence-corrected chi connectivity index (χ4v) is 2.74. The predicted octanol–water partition coefficient (Wildman–Crippen LogP) is 3.42. The Balaban J connectivity index is 2.26. The lowest BCUT2D eigenvalue weighted by atomic mass is 10.2. The highest BCUT2D eigenvalue weighted by molar-refractivity contribution is 7.99. The summed E-state index contributed by atoms with van der Waals surface area (Å²) in [6, 6.07) is 3.90. The molecule has 2 aromatic heterocycles. The van der Waals surface area contributed by atoms with E-state index in [4.69, 9.17) is 0 Å². The molecule has 19 heavy (non-hydrogen) atoms. The summed E-state index contributed by atoms with van der Waals surface area (Å²) in [5.74, 6) is 1.95. The third-order valence-corrected chi connectivity index (χ3v) is 3.75. The van der Waals surface area contributed by atoms with E-state index in [9.17, 15) is 0 Å². The van der Waals surface area contributed by atoms with Crippen molar-refractivity contribution in [3.8, 4) is 11.4 Å². The van der Waals surface area contributed by atoms with Gasteiger partial charge in [-0.05, 0) is 18.6 Å². The second-order valence-electron chi connectivity index (χ2n) is 4.14. The molecule has 2 aromatic rings. The van der Waals surface area contributed by atoms with Crippen LogP contribution in [0.3, 0.4) is 0 Å². The van der Waals surface area contributed by atoms with Crippen molar-refractivity contribution < 1.29 is 0 Å². The molecular formula is C14H18N4S. The fourth-order valence-electron chi connectivity index (χ4n) is 1.71. The summed E-state index contributed by atoms with van der Waals surface area (Å²) in [7, 11) is 0. The highest BCUT2D eigenvalue weighted by Gasteiger charge is 2.12. The first kappa shape index (κ1) is 13.8. The van der Waals surface area contributed by atoms with Gasteiger partial charge < -0.3 is 0 Å². The first-order valence-corrected chi connectivity index (χ1v) is 7.42. The minimum absolute atomic E-state index is 0.721. The van der Waals surface area contributed by atoms with Crippen molar-refractivity contribution in [3.05, 3.63) is 37.2 Å². The average molecular weight is 274 g/mol. The van der Waals surface area contributed by atoms with E-state index < -0.39 is 0 Å². The topological polar surface area (TPSA) is 43.6 Å². The van der Waals surface area contributed by atoms with Gasteiger partial charge in [-0.25, -0.2) is 0 Å². The minimum atomic E-state index is 0.721. The number of pyridine rings is 1. The summed E-state index contributed by atoms with van der Waals surface area (Å²) in [6.45, 7) is 6.72. The molecule has 5 heteroatoms. The van der Waals surface area contributed by atoms with Gasteiger partial charge in [0.2, 0.25) is 0 Å². The van der Waals surface area contributed by atoms with Crippen LogP contribution in [-0.4, -0.2) is 25.5 Å². The molecule has 0 aromatic carbocycles. The largest absolute Gasteiger partial charge is 0.298 e. The maximum atomic E-state index is 4.30. The van der Waals surface area contributed by atoms with E-state index in [2.05, 4.69) is 33.3 Å². The van der Waals surface area contributed by atoms with Gasteiger partial charge in [0.1, 0.15) is 0 Å². The molecular weight excluding hydrogens is 256 g/mol. The van der Waals surface area contributed by atoms with Gasteiger partial charge in [0, 0.05) is 30.3 Å². The minimum Gasteiger partial charge on any atom is -0.298 e. The SMILES string of the molecule is C=CCn1c(SCCCC)nnc1-c1ccncc1. The molecule has 0 N–H and O–H groups in total. The smallest absolute Gasteiger partial charge is 0.191 e. The van der Waals surface area contributed by atoms with Crippen LogP contribution in [0.15, 0.2) is 42.3 Å². The van der Waals surface area contributed by atoms with Crippen molar-refractivity contribution in [1.29, 1.82) is 0 Å². The van der Waals surface area contributed by atoms with E-state index in [-0.39, 0.29) is 0 Å². The monoisotopic (exact) mass is 274 g/mol. The van der Waals surface area contributed by atoms with Gasteiger partial charge in [0.15, 0.2) is 11.0 Å². The predicted molar refractivity (Wildman–Crippen MR) is 79.1 cm³/mol. The standard InChI is InChI=1S/C14H18N4S/c1-3-5-11-19-14-17-16-13(18(14)10-4-2)12-6-8-15-9-7-12/h4,6-9H,2-3,5,10-11H2,1H3. The van der Waals surface area contributed by atoms with Crippen molar-refractivity contribution >= 4 is 11.8 Å². The maximum Gasteiger partial charge on any atom is 0.191 e. The van der Waals surface area contributed by atoms with E-state index in [0.29, 0.717) is 0 Å². The zero-order chi connectivity index (χ0) is 13.5. The number of rotatable bonds is 7. The Hall–Kier alpha value is -1.62. The molecule has 0 atom stereocenters. The van der Waals surface area contributed by atoms with Gasteiger partial charge in [-0.3, -0.25) is 9.55 Å². The van der Waals surface area contributed by atoms with Crippen LogP contribution >= 0.6 is 11.8 Å². The Kier molecular flexibility index (Phi) is 5.15. The van der Waals surface area contributed by atoms with Crippen LogP contribution in [0.2, 0.25) is 0 Å². The van der Waals surface area contributed by atoms with Crippen LogP contribution in [0, 0.1) is 0 Å². The van der Waals surface area contributed by atoms with Crippen LogP contribution in [0.1, 0.15) is 19.8 Å². The number of unbranched alkanes of at least 4 members (excludes halogenated alkanes) is 1. The first-order chi connectivity index (χ1) is 9.36. The molecule has 0 aliphatic heterocycles. The second kappa shape index (κ2) is 7.09. The molecule has 0 spiro atoms. The van der Waals surface area contributed by atoms with E-state index >= 15 is 0 Å². The molecule has 0 saturated carbocycles. The quantitative estimate of drug-likeness (QED) is 0.441. The Bertz CT molecular complexity index is 521. The fraction of sp³-hybridized carbons (Fsp3) is 0.357. The lowest BCUT2D eigenvalue weighted by Crippen LogP contribution is -2.00. The zero-order valence-electron chi connectivity index (χ0n) is 11.1. The summed E-state index contributed by atoms with van der Waals surface area (Å²) in [5, 5.41) is 9.55. The first-order valence-electron chi connectivity index (χ1n) is 6.44. The van der Waals surface area contributed by atoms with Gasteiger partial charge in [0.25, 0.3) is 0 Å². The van der Waals surface area contributed by atoms with E-state index in [1.807, 2.05) is 18.2 Å². The Morgan fingerprint density at radius 2 is 2.11 bits per heavy atom. The van der Waals surface area contributed by atoms with Gasteiger partial charge in [-0.2, -0.15) is 0 Å². The van der Waals surface area contributed by atoms with Crippen molar-refractivity contribution in [2.24, 2.45) is 0 Å². The lowest BCUT2D eigenvalue weighted by molar-refractivity contribution is 0.729. The molecule has 0 unspecified atom stereocenters. The van der Waals surface area contributed by atoms with Crippen LogP contribution in [0.5, 0.6) is 0 Å². The molecule has 0 amide bonds. The molecule has 0 aliphatic carbocycles. The van der Waals surface area contributed by atoms with Crippen LogP contribution in [-0.2, 0) is 6.54 Å². The summed E-state index contributed by atoms with van der Waals surface area (Å²) < 4.78 is 2.10. The molecule has 0 aliphatic rings. The Morgan fingerprint density at radius 3 is 2.79 bits per heavy atom. The number of nitrogens with zero attached hydrogens (tertiary/aromatic N) is 4. The number of hydrogen-bond donors (Lipinski definition) is 0. The third-order valence-electron chi connectivity index (χ3n) is 2.70. The second-order valence-corrected chi connectivity index (χ2v) is 5.21. The van der Waals surface area contributed by atoms with E-state index in [1.165, 1.54) is 12.8 Å². The van der Waals surface area contributed by atoms with Crippen LogP contribution in [0.25, 0.3) is 11.4 Å². The van der Waals surface area contributed by atoms with Crippen molar-refractivity contribution in [2.75, 3.05) is 5.75 Å². The van der Waals surface area contributed by atoms with Crippen molar-refractivity contribution in [1.82, 2.24) is 19.7 Å². The van der Waals surface area contributed by atoms with Gasteiger partial charge in [-0.15, -0.1) is 16.8 Å². The molecule has 0 bridgehead atoms. The lowest BCUT2D eigenvalue weighted by Gasteiger charge is -2.07. The normalized spacial score (nSPS) is 10.6. The number of thioether (sulfide) groups is 1. The average Bonchev–Trinajstić information content (AvgIpc) is 2.84. The molecule has 0 saturated heterocycles. The van der Waals surface area contributed by atoms with Crippen LogP contribution in [0.4, 0.5) is 0 Å². The number of hydrogen-bond acceptors (Lipinski definition) is 4. The molecule has 2 heterocycles. The molecule has 4 nitrogen and oxygen atoms in total. The summed E-state index contributed by atoms with van der Waals surface area (Å²) in [6.07, 6.45) is 7.80. The highest BCUT2D eigenvalue weighted by Crippen LogP contribution is 2.24. The van der Waals surface area contributed by atoms with E-state index in [0.717, 1.165) is 28.8 Å². The molecule has 100 valence electrons. The Morgan fingerprint density at radius 1 is 1.32 bits per heavy atom. The third kappa shape index (κ3) is 3.44. The Labute approximate surface area is 118 Å². The zero-order valence-corrected chi connectivity index (χ0v) is 11.9. The van der Waals surface area contributed by atoms with Crippen LogP contribution < -0.4 is 0 Å². The van der Waals surface area contributed by atoms with Gasteiger partial charge in [-0.1, -0.05) is 31.2 Å². The van der Waals surface area contributed by atoms with Crippen molar-refractivity contribution in [3.63, 3.8) is 0 Å². The maximum absolute atomic E-state index is 4.30. The summed E-state index contributed by atoms with van der Waals surface area (Å²) >= 11 is 1.75. The number of aromatic nitrogens is 4. The molecule has 0 radical (unpaired) electrons. The van der Waals surface area contributed by atoms with Gasteiger partial charge in [0.05, 0.1) is 0 Å². The number of allylic oxidation sites excluding steroid dienone is 1. The van der Waals surface area contributed by atoms with Crippen molar-refractivity contribution in [2.45, 2.75) is 31.5 Å². The summed E-state index contributed by atoms with van der Waals surface area (Å²) in [4.78, 5) is 4.03. The summed E-state index contributed by atoms with van der Waals surface area (Å²) in [5.41, 5.74) is 1.03. The molecule has 0 fully saturated rings. The van der Waals surface area contributed by atoms with E-state index in [1.54, 1.807) is 24.2 Å². The highest BCUT2D eigenvalue weighted by atomic mass is 32.2. The molecule has 2 rings (SSSR count). The van der Waals surface area contributed by atoms with Gasteiger partial charge >= 0.3 is 0 Å².